The quantitative estimate of drug-likeness (QED) is 0.688. The Bertz CT molecular complexity index is 732. The highest BCUT2D eigenvalue weighted by Crippen LogP contribution is 2.34. The lowest BCUT2D eigenvalue weighted by molar-refractivity contribution is 0.186. The van der Waals surface area contributed by atoms with Crippen molar-refractivity contribution in [2.75, 3.05) is 6.26 Å². The third kappa shape index (κ3) is 5.62. The molecule has 0 saturated heterocycles. The van der Waals surface area contributed by atoms with Crippen molar-refractivity contribution < 1.29 is 15.7 Å². The van der Waals surface area contributed by atoms with Crippen molar-refractivity contribution >= 4 is 11.8 Å². The molecule has 0 aliphatic heterocycles. The maximum absolute atomic E-state index is 12.0. The summed E-state index contributed by atoms with van der Waals surface area (Å²) < 4.78 is 7.94. The van der Waals surface area contributed by atoms with Gasteiger partial charge >= 0.3 is 0 Å². The Hall–Kier alpha value is -1.76. The van der Waals surface area contributed by atoms with Crippen LogP contribution in [0.3, 0.4) is 0 Å². The second kappa shape index (κ2) is 11.1. The predicted molar refractivity (Wildman–Crippen MR) is 110 cm³/mol. The Morgan fingerprint density at radius 3 is 2.42 bits per heavy atom. The van der Waals surface area contributed by atoms with Crippen LogP contribution in [-0.4, -0.2) is 27.9 Å². The Labute approximate surface area is 160 Å². The minimum absolute atomic E-state index is 0. The number of pyridine rings is 1. The molecule has 0 spiro atoms. The van der Waals surface area contributed by atoms with Gasteiger partial charge in [-0.05, 0) is 50.3 Å². The molecule has 0 fully saturated rings. The van der Waals surface area contributed by atoms with E-state index in [0.29, 0.717) is 0 Å². The molecule has 5 nitrogen and oxygen atoms in total. The topological polar surface area (TPSA) is 94.2 Å². The van der Waals surface area contributed by atoms with Gasteiger partial charge in [0.15, 0.2) is 0 Å². The van der Waals surface area contributed by atoms with E-state index < -0.39 is 0 Å². The fourth-order valence-electron chi connectivity index (χ4n) is 2.84. The standard InChI is InChI=1S/C20H27NO2S.2H2O/c1-6-8-16(7-2)23-19-10-9-17(24-5)12-18(19)15-11-14(3)20(22)21(4)13-15;;/h9-13,16H,6-8H2,1-5H3;2*1H2/t16-;;/m1../s1. The van der Waals surface area contributed by atoms with E-state index in [9.17, 15) is 4.79 Å². The largest absolute Gasteiger partial charge is 0.490 e. The highest BCUT2D eigenvalue weighted by Gasteiger charge is 2.14. The van der Waals surface area contributed by atoms with E-state index in [1.807, 2.05) is 19.2 Å². The van der Waals surface area contributed by atoms with Crippen molar-refractivity contribution in [3.05, 3.63) is 46.4 Å². The van der Waals surface area contributed by atoms with Crippen molar-refractivity contribution in [3.8, 4) is 16.9 Å². The molecule has 26 heavy (non-hydrogen) atoms. The Balaban J connectivity index is 0.00000312. The van der Waals surface area contributed by atoms with Gasteiger partial charge < -0.3 is 20.3 Å². The molecule has 2 rings (SSSR count). The van der Waals surface area contributed by atoms with Crippen molar-refractivity contribution in [3.63, 3.8) is 0 Å². The number of nitrogens with zero attached hydrogens (tertiary/aromatic N) is 1. The van der Waals surface area contributed by atoms with E-state index in [2.05, 4.69) is 38.3 Å². The van der Waals surface area contributed by atoms with Gasteiger partial charge in [-0.25, -0.2) is 0 Å². The van der Waals surface area contributed by atoms with Gasteiger partial charge in [-0.15, -0.1) is 11.8 Å². The average Bonchev–Trinajstić information content (AvgIpc) is 2.59. The molecule has 0 bridgehead atoms. The van der Waals surface area contributed by atoms with Crippen LogP contribution in [0.1, 0.15) is 38.7 Å². The van der Waals surface area contributed by atoms with Crippen LogP contribution in [0.2, 0.25) is 0 Å². The summed E-state index contributed by atoms with van der Waals surface area (Å²) in [5.41, 5.74) is 2.86. The molecule has 0 radical (unpaired) electrons. The van der Waals surface area contributed by atoms with E-state index in [4.69, 9.17) is 4.74 Å². The maximum Gasteiger partial charge on any atom is 0.253 e. The molecular formula is C20H31NO4S. The van der Waals surface area contributed by atoms with E-state index >= 15 is 0 Å². The van der Waals surface area contributed by atoms with E-state index in [-0.39, 0.29) is 22.6 Å². The molecule has 1 heterocycles. The van der Waals surface area contributed by atoms with Crippen LogP contribution in [0.5, 0.6) is 5.75 Å². The Morgan fingerprint density at radius 1 is 1.19 bits per heavy atom. The highest BCUT2D eigenvalue weighted by atomic mass is 32.2. The number of aromatic nitrogens is 1. The molecule has 4 N–H and O–H groups in total. The summed E-state index contributed by atoms with van der Waals surface area (Å²) >= 11 is 1.71. The van der Waals surface area contributed by atoms with Crippen LogP contribution in [0.25, 0.3) is 11.1 Å². The van der Waals surface area contributed by atoms with Gasteiger partial charge in [0, 0.05) is 34.8 Å². The second-order valence-corrected chi connectivity index (χ2v) is 7.01. The van der Waals surface area contributed by atoms with Crippen molar-refractivity contribution in [2.24, 2.45) is 7.05 Å². The van der Waals surface area contributed by atoms with Crippen molar-refractivity contribution in [1.82, 2.24) is 4.57 Å². The van der Waals surface area contributed by atoms with Crippen LogP contribution >= 0.6 is 11.8 Å². The van der Waals surface area contributed by atoms with Crippen LogP contribution in [-0.2, 0) is 7.05 Å². The average molecular weight is 382 g/mol. The normalized spacial score (nSPS) is 11.3. The zero-order valence-corrected chi connectivity index (χ0v) is 17.1. The first-order valence-corrected chi connectivity index (χ1v) is 9.74. The van der Waals surface area contributed by atoms with Crippen molar-refractivity contribution in [1.29, 1.82) is 0 Å². The number of aryl methyl sites for hydroxylation is 2. The Morgan fingerprint density at radius 2 is 1.88 bits per heavy atom. The van der Waals surface area contributed by atoms with Crippen LogP contribution in [0.15, 0.2) is 40.2 Å². The lowest BCUT2D eigenvalue weighted by Gasteiger charge is -2.20. The summed E-state index contributed by atoms with van der Waals surface area (Å²) in [6.45, 7) is 6.20. The van der Waals surface area contributed by atoms with Crippen molar-refractivity contribution in [2.45, 2.75) is 51.0 Å². The summed E-state index contributed by atoms with van der Waals surface area (Å²) in [6.07, 6.45) is 7.33. The number of hydrogen-bond acceptors (Lipinski definition) is 3. The first kappa shape index (κ1) is 24.2. The van der Waals surface area contributed by atoms with Gasteiger partial charge in [0.2, 0.25) is 0 Å². The van der Waals surface area contributed by atoms with Gasteiger partial charge in [0.25, 0.3) is 5.56 Å². The van der Waals surface area contributed by atoms with Crippen LogP contribution in [0, 0.1) is 6.92 Å². The monoisotopic (exact) mass is 381 g/mol. The van der Waals surface area contributed by atoms with Gasteiger partial charge in [-0.1, -0.05) is 20.3 Å². The molecule has 0 amide bonds. The summed E-state index contributed by atoms with van der Waals surface area (Å²) in [5.74, 6) is 0.895. The lowest BCUT2D eigenvalue weighted by Crippen LogP contribution is -2.19. The molecule has 146 valence electrons. The minimum atomic E-state index is 0. The molecule has 0 unspecified atom stereocenters. The summed E-state index contributed by atoms with van der Waals surface area (Å²) in [5, 5.41) is 0. The number of benzene rings is 1. The molecule has 0 saturated carbocycles. The highest BCUT2D eigenvalue weighted by molar-refractivity contribution is 7.98. The zero-order chi connectivity index (χ0) is 17.7. The maximum atomic E-state index is 12.0. The van der Waals surface area contributed by atoms with E-state index in [1.54, 1.807) is 23.4 Å². The molecule has 0 aliphatic carbocycles. The second-order valence-electron chi connectivity index (χ2n) is 6.13. The number of rotatable bonds is 7. The minimum Gasteiger partial charge on any atom is -0.490 e. The molecular weight excluding hydrogens is 350 g/mol. The predicted octanol–water partition coefficient (Wildman–Crippen LogP) is 3.39. The lowest BCUT2D eigenvalue weighted by atomic mass is 10.0. The first-order chi connectivity index (χ1) is 11.5. The van der Waals surface area contributed by atoms with Crippen LogP contribution < -0.4 is 10.3 Å². The van der Waals surface area contributed by atoms with Gasteiger partial charge in [0.1, 0.15) is 5.75 Å². The smallest absolute Gasteiger partial charge is 0.253 e. The number of thioether (sulfide) groups is 1. The van der Waals surface area contributed by atoms with Gasteiger partial charge in [0.05, 0.1) is 6.10 Å². The third-order valence-electron chi connectivity index (χ3n) is 4.22. The third-order valence-corrected chi connectivity index (χ3v) is 4.95. The molecule has 6 heteroatoms. The zero-order valence-electron chi connectivity index (χ0n) is 16.3. The first-order valence-electron chi connectivity index (χ1n) is 8.52. The summed E-state index contributed by atoms with van der Waals surface area (Å²) in [7, 11) is 1.80. The molecule has 2 aromatic rings. The SMILES string of the molecule is CCC[C@@H](CC)Oc1ccc(SC)cc1-c1cc(C)c(=O)n(C)c1.O.O. The Kier molecular flexibility index (Phi) is 10.3. The van der Waals surface area contributed by atoms with E-state index in [0.717, 1.165) is 41.7 Å². The summed E-state index contributed by atoms with van der Waals surface area (Å²) in [4.78, 5) is 13.2. The van der Waals surface area contributed by atoms with Gasteiger partial charge in [-0.3, -0.25) is 4.79 Å². The van der Waals surface area contributed by atoms with Gasteiger partial charge in [-0.2, -0.15) is 0 Å². The number of ether oxygens (including phenoxy) is 1. The fraction of sp³-hybridized carbons (Fsp3) is 0.450. The van der Waals surface area contributed by atoms with Crippen LogP contribution in [0.4, 0.5) is 0 Å². The molecule has 0 aliphatic rings. The molecule has 1 aromatic heterocycles. The summed E-state index contributed by atoms with van der Waals surface area (Å²) in [6, 6.07) is 8.25. The molecule has 1 atom stereocenters. The number of hydrogen-bond donors (Lipinski definition) is 0. The van der Waals surface area contributed by atoms with E-state index in [1.165, 1.54) is 4.90 Å². The molecule has 1 aromatic carbocycles. The fourth-order valence-corrected chi connectivity index (χ4v) is 3.28.